The Hall–Kier alpha value is -9.24. The van der Waals surface area contributed by atoms with Crippen molar-refractivity contribution in [1.29, 1.82) is 0 Å². The lowest BCUT2D eigenvalue weighted by Gasteiger charge is -2.27. The van der Waals surface area contributed by atoms with Gasteiger partial charge in [-0.05, 0) is 151 Å². The number of aromatic nitrogens is 2. The lowest BCUT2D eigenvalue weighted by Crippen LogP contribution is -2.20. The first-order valence-electron chi connectivity index (χ1n) is 26.7. The number of para-hydroxylation sites is 2. The molecular formula is C73H50N2. The molecule has 0 amide bonds. The molecule has 12 aromatic carbocycles. The summed E-state index contributed by atoms with van der Waals surface area (Å²) in [5.74, 6) is 0. The Kier molecular flexibility index (Phi) is 9.24. The summed E-state index contributed by atoms with van der Waals surface area (Å²) < 4.78 is 4.88. The van der Waals surface area contributed by atoms with Gasteiger partial charge in [0.1, 0.15) is 0 Å². The van der Waals surface area contributed by atoms with E-state index in [9.17, 15) is 0 Å². The van der Waals surface area contributed by atoms with E-state index in [-0.39, 0.29) is 5.41 Å². The van der Waals surface area contributed by atoms with Crippen molar-refractivity contribution in [1.82, 2.24) is 9.13 Å². The fourth-order valence-electron chi connectivity index (χ4n) is 13.7. The molecular weight excluding hydrogens is 905 g/mol. The number of rotatable bonds is 6. The van der Waals surface area contributed by atoms with E-state index < -0.39 is 0 Å². The molecule has 14 aromatic rings. The van der Waals surface area contributed by atoms with Gasteiger partial charge in [-0.1, -0.05) is 207 Å². The molecule has 1 fully saturated rings. The van der Waals surface area contributed by atoms with Gasteiger partial charge in [0.25, 0.3) is 0 Å². The van der Waals surface area contributed by atoms with Crippen LogP contribution in [0.1, 0.15) is 36.8 Å². The van der Waals surface area contributed by atoms with Crippen LogP contribution in [0.4, 0.5) is 0 Å². The second-order valence-electron chi connectivity index (χ2n) is 21.1. The summed E-state index contributed by atoms with van der Waals surface area (Å²) in [6, 6.07) is 95.5. The second-order valence-corrected chi connectivity index (χ2v) is 21.1. The van der Waals surface area contributed by atoms with E-state index in [0.717, 1.165) is 0 Å². The maximum absolute atomic E-state index is 2.54. The van der Waals surface area contributed by atoms with Gasteiger partial charge in [-0.3, -0.25) is 0 Å². The van der Waals surface area contributed by atoms with Crippen LogP contribution in [0.3, 0.4) is 0 Å². The minimum atomic E-state index is 0.0395. The zero-order valence-corrected chi connectivity index (χ0v) is 41.5. The smallest absolute Gasteiger partial charge is 0.0541 e. The fourth-order valence-corrected chi connectivity index (χ4v) is 13.7. The van der Waals surface area contributed by atoms with Crippen molar-refractivity contribution in [2.24, 2.45) is 0 Å². The summed E-state index contributed by atoms with van der Waals surface area (Å²) >= 11 is 0. The first-order valence-corrected chi connectivity index (χ1v) is 26.7. The zero-order valence-electron chi connectivity index (χ0n) is 41.5. The van der Waals surface area contributed by atoms with Crippen LogP contribution in [0.15, 0.2) is 255 Å². The van der Waals surface area contributed by atoms with Gasteiger partial charge < -0.3 is 9.13 Å². The Bertz CT molecular complexity index is 4330. The molecule has 2 aromatic heterocycles. The van der Waals surface area contributed by atoms with Crippen molar-refractivity contribution in [2.75, 3.05) is 0 Å². The van der Waals surface area contributed by atoms with E-state index >= 15 is 0 Å². The van der Waals surface area contributed by atoms with Crippen molar-refractivity contribution >= 4 is 65.2 Å². The molecule has 16 rings (SSSR count). The minimum Gasteiger partial charge on any atom is -0.309 e. The van der Waals surface area contributed by atoms with Crippen molar-refractivity contribution in [3.63, 3.8) is 0 Å². The van der Waals surface area contributed by atoms with Gasteiger partial charge in [0, 0.05) is 37.7 Å². The monoisotopic (exact) mass is 954 g/mol. The molecule has 0 radical (unpaired) electrons. The molecule has 75 heavy (non-hydrogen) atoms. The molecule has 0 bridgehead atoms. The summed E-state index contributed by atoms with van der Waals surface area (Å²) in [6.45, 7) is 0. The average Bonchev–Trinajstić information content (AvgIpc) is 4.31. The van der Waals surface area contributed by atoms with Crippen molar-refractivity contribution < 1.29 is 0 Å². The normalized spacial score (nSPS) is 13.8. The maximum Gasteiger partial charge on any atom is 0.0541 e. The van der Waals surface area contributed by atoms with Gasteiger partial charge in [-0.2, -0.15) is 0 Å². The van der Waals surface area contributed by atoms with E-state index in [4.69, 9.17) is 0 Å². The largest absolute Gasteiger partial charge is 0.309 e. The van der Waals surface area contributed by atoms with Crippen LogP contribution in [-0.4, -0.2) is 9.13 Å². The minimum absolute atomic E-state index is 0.0395. The predicted molar refractivity (Wildman–Crippen MR) is 317 cm³/mol. The molecule has 1 saturated carbocycles. The standard InChI is InChI=1S/C73H50N2/c1-3-17-57-51(13-1)15-11-23-67(57)74-69-21-7-5-19-61(69)63-43-53(35-39-71(63)74)47-25-29-49(30-26-47)55-33-37-59-60-38-34-56(46-66(60)73(65(59)45-55)41-9-10-42-73)50-31-27-48(28-32-50)54-36-40-72-64(44-54)62-20-6-8-22-70(62)75(72)68-24-12-16-52-14-2-4-18-58(52)68/h1-8,11-40,43-46H,9-10,41-42H2. The van der Waals surface area contributed by atoms with Gasteiger partial charge in [0.05, 0.1) is 33.4 Å². The van der Waals surface area contributed by atoms with E-state index in [2.05, 4.69) is 264 Å². The van der Waals surface area contributed by atoms with Gasteiger partial charge in [0.15, 0.2) is 0 Å². The molecule has 2 aliphatic carbocycles. The third kappa shape index (κ3) is 6.39. The van der Waals surface area contributed by atoms with Crippen LogP contribution >= 0.6 is 0 Å². The Morgan fingerprint density at radius 1 is 0.253 bits per heavy atom. The summed E-state index contributed by atoms with van der Waals surface area (Å²) in [5, 5.41) is 10.1. The topological polar surface area (TPSA) is 9.86 Å². The van der Waals surface area contributed by atoms with Crippen molar-refractivity contribution in [3.8, 4) is 67.0 Å². The molecule has 0 unspecified atom stereocenters. The van der Waals surface area contributed by atoms with Crippen LogP contribution in [0.25, 0.3) is 132 Å². The molecule has 0 saturated heterocycles. The van der Waals surface area contributed by atoms with Crippen molar-refractivity contribution in [3.05, 3.63) is 266 Å². The Morgan fingerprint density at radius 3 is 1.03 bits per heavy atom. The van der Waals surface area contributed by atoms with Crippen molar-refractivity contribution in [2.45, 2.75) is 31.1 Å². The van der Waals surface area contributed by atoms with E-state index in [1.165, 1.54) is 169 Å². The number of benzene rings is 12. The summed E-state index contributed by atoms with van der Waals surface area (Å²) in [5.41, 5.74) is 23.2. The molecule has 2 nitrogen and oxygen atoms in total. The summed E-state index contributed by atoms with van der Waals surface area (Å²) in [6.07, 6.45) is 4.90. The zero-order chi connectivity index (χ0) is 49.2. The number of hydrogen-bond acceptors (Lipinski definition) is 0. The summed E-state index contributed by atoms with van der Waals surface area (Å²) in [4.78, 5) is 0. The SMILES string of the molecule is c1ccc2c(-n3c4ccccc4c4cc(-c5ccc(-c6ccc7c(c6)C6(CCCC6)c6cc(-c8ccc(-c9ccc%10c(c9)c9ccccc9n%10-c9cccc%10ccccc9%10)cc8)ccc6-7)cc5)ccc43)cccc2c1. The molecule has 0 atom stereocenters. The molecule has 2 aliphatic rings. The summed E-state index contributed by atoms with van der Waals surface area (Å²) in [7, 11) is 0. The van der Waals surface area contributed by atoms with Gasteiger partial charge in [-0.15, -0.1) is 0 Å². The highest BCUT2D eigenvalue weighted by molar-refractivity contribution is 6.13. The molecule has 0 aliphatic heterocycles. The van der Waals surface area contributed by atoms with E-state index in [0.29, 0.717) is 0 Å². The van der Waals surface area contributed by atoms with Crippen LogP contribution in [-0.2, 0) is 5.41 Å². The highest BCUT2D eigenvalue weighted by Crippen LogP contribution is 2.58. The van der Waals surface area contributed by atoms with Crippen LogP contribution in [0.2, 0.25) is 0 Å². The predicted octanol–water partition coefficient (Wildman–Crippen LogP) is 19.7. The van der Waals surface area contributed by atoms with E-state index in [1.54, 1.807) is 0 Å². The lowest BCUT2D eigenvalue weighted by molar-refractivity contribution is 0.550. The second kappa shape index (κ2) is 16.4. The highest BCUT2D eigenvalue weighted by Gasteiger charge is 2.45. The number of nitrogens with zero attached hydrogens (tertiary/aromatic N) is 2. The molecule has 0 N–H and O–H groups in total. The lowest BCUT2D eigenvalue weighted by atomic mass is 9.75. The number of hydrogen-bond donors (Lipinski definition) is 0. The maximum atomic E-state index is 2.54. The van der Waals surface area contributed by atoms with Crippen LogP contribution in [0.5, 0.6) is 0 Å². The molecule has 2 heterocycles. The van der Waals surface area contributed by atoms with E-state index in [1.807, 2.05) is 0 Å². The molecule has 2 heteroatoms. The van der Waals surface area contributed by atoms with Crippen LogP contribution in [0, 0.1) is 0 Å². The Balaban J connectivity index is 0.701. The molecule has 352 valence electrons. The van der Waals surface area contributed by atoms with Gasteiger partial charge in [0.2, 0.25) is 0 Å². The molecule has 1 spiro atoms. The third-order valence-corrected chi connectivity index (χ3v) is 17.3. The number of fused-ring (bicyclic) bond motifs is 13. The third-order valence-electron chi connectivity index (χ3n) is 17.3. The average molecular weight is 955 g/mol. The fraction of sp³-hybridized carbons (Fsp3) is 0.0685. The van der Waals surface area contributed by atoms with Gasteiger partial charge in [-0.25, -0.2) is 0 Å². The van der Waals surface area contributed by atoms with Crippen LogP contribution < -0.4 is 0 Å². The Morgan fingerprint density at radius 2 is 0.587 bits per heavy atom. The Labute approximate surface area is 436 Å². The first-order chi connectivity index (χ1) is 37.1. The first kappa shape index (κ1) is 42.3. The quantitative estimate of drug-likeness (QED) is 0.157. The highest BCUT2D eigenvalue weighted by atomic mass is 15.0. The van der Waals surface area contributed by atoms with Gasteiger partial charge >= 0.3 is 0 Å².